The van der Waals surface area contributed by atoms with Crippen LogP contribution in [0.4, 0.5) is 4.79 Å². The minimum Gasteiger partial charge on any atom is -0.444 e. The Morgan fingerprint density at radius 1 is 1.25 bits per heavy atom. The van der Waals surface area contributed by atoms with Gasteiger partial charge in [-0.3, -0.25) is 9.59 Å². The number of likely N-dealkylation sites (tertiary alicyclic amines) is 1. The lowest BCUT2D eigenvalue weighted by Crippen LogP contribution is -2.52. The van der Waals surface area contributed by atoms with E-state index in [0.717, 1.165) is 0 Å². The highest BCUT2D eigenvalue weighted by molar-refractivity contribution is 5.77. The van der Waals surface area contributed by atoms with Gasteiger partial charge in [-0.25, -0.2) is 4.79 Å². The van der Waals surface area contributed by atoms with Gasteiger partial charge in [-0.15, -0.1) is 0 Å². The Balaban J connectivity index is 0.00000110. The number of ether oxygens (including phenoxy) is 3. The van der Waals surface area contributed by atoms with Crippen molar-refractivity contribution in [3.05, 3.63) is 0 Å². The van der Waals surface area contributed by atoms with Crippen LogP contribution in [-0.4, -0.2) is 56.3 Å². The fourth-order valence-corrected chi connectivity index (χ4v) is 1.51. The fourth-order valence-electron chi connectivity index (χ4n) is 1.51. The molecular formula is C13H23NO6. The molecule has 0 radical (unpaired) electrons. The predicted octanol–water partition coefficient (Wildman–Crippen LogP) is 1.21. The normalized spacial score (nSPS) is 14.6. The van der Waals surface area contributed by atoms with Gasteiger partial charge in [-0.2, -0.15) is 0 Å². The molecule has 1 rings (SSSR count). The lowest BCUT2D eigenvalue weighted by molar-refractivity contribution is -0.153. The molecule has 0 aromatic rings. The lowest BCUT2D eigenvalue weighted by Gasteiger charge is -2.39. The highest BCUT2D eigenvalue weighted by Crippen LogP contribution is 2.22. The summed E-state index contributed by atoms with van der Waals surface area (Å²) in [5.41, 5.74) is -0.515. The van der Waals surface area contributed by atoms with E-state index in [9.17, 15) is 14.4 Å². The maximum absolute atomic E-state index is 11.5. The zero-order chi connectivity index (χ0) is 15.8. The van der Waals surface area contributed by atoms with Crippen LogP contribution in [0.5, 0.6) is 0 Å². The monoisotopic (exact) mass is 289 g/mol. The molecule has 7 heteroatoms. The fraction of sp³-hybridized carbons (Fsp3) is 0.769. The number of hydrogen-bond donors (Lipinski definition) is 0. The van der Waals surface area contributed by atoms with Gasteiger partial charge in [0, 0.05) is 33.2 Å². The number of amides is 1. The summed E-state index contributed by atoms with van der Waals surface area (Å²) >= 11 is 0. The molecule has 0 unspecified atom stereocenters. The first-order valence-electron chi connectivity index (χ1n) is 6.24. The molecule has 0 bridgehead atoms. The van der Waals surface area contributed by atoms with Crippen LogP contribution in [0.25, 0.3) is 0 Å². The van der Waals surface area contributed by atoms with Crippen molar-refractivity contribution < 1.29 is 28.6 Å². The molecule has 0 spiro atoms. The average Bonchev–Trinajstić information content (AvgIpc) is 2.21. The molecular weight excluding hydrogens is 266 g/mol. The number of methoxy groups -OCH3 is 1. The zero-order valence-electron chi connectivity index (χ0n) is 12.7. The highest BCUT2D eigenvalue weighted by atomic mass is 16.6. The van der Waals surface area contributed by atoms with Crippen molar-refractivity contribution in [3.8, 4) is 0 Å². The van der Waals surface area contributed by atoms with Crippen molar-refractivity contribution in [2.24, 2.45) is 5.92 Å². The van der Waals surface area contributed by atoms with Crippen LogP contribution in [0.2, 0.25) is 0 Å². The van der Waals surface area contributed by atoms with Crippen molar-refractivity contribution in [3.63, 3.8) is 0 Å². The van der Waals surface area contributed by atoms with E-state index >= 15 is 0 Å². The van der Waals surface area contributed by atoms with E-state index in [1.807, 2.05) is 0 Å². The van der Waals surface area contributed by atoms with E-state index in [4.69, 9.17) is 4.74 Å². The largest absolute Gasteiger partial charge is 0.444 e. The molecule has 1 aliphatic rings. The van der Waals surface area contributed by atoms with Gasteiger partial charge in [0.1, 0.15) is 5.60 Å². The first-order chi connectivity index (χ1) is 9.23. The van der Waals surface area contributed by atoms with Gasteiger partial charge < -0.3 is 19.1 Å². The Morgan fingerprint density at radius 2 is 1.75 bits per heavy atom. The molecule has 7 nitrogen and oxygen atoms in total. The summed E-state index contributed by atoms with van der Waals surface area (Å²) in [7, 11) is 3.25. The SMILES string of the molecule is CC(C)(C)OC(=O)N1CC(CC(=O)OC=O)C1.COC. The molecule has 20 heavy (non-hydrogen) atoms. The first kappa shape index (κ1) is 18.4. The van der Waals surface area contributed by atoms with Crippen LogP contribution >= 0.6 is 0 Å². The number of carbonyl (C=O) groups is 3. The molecule has 1 aliphatic heterocycles. The van der Waals surface area contributed by atoms with E-state index in [0.29, 0.717) is 13.1 Å². The summed E-state index contributed by atoms with van der Waals surface area (Å²) in [6.45, 7) is 6.43. The molecule has 0 aromatic heterocycles. The molecule has 0 aromatic carbocycles. The zero-order valence-corrected chi connectivity index (χ0v) is 12.7. The highest BCUT2D eigenvalue weighted by Gasteiger charge is 2.34. The van der Waals surface area contributed by atoms with Gasteiger partial charge in [0.15, 0.2) is 0 Å². The number of hydrogen-bond acceptors (Lipinski definition) is 6. The minimum atomic E-state index is -0.561. The summed E-state index contributed by atoms with van der Waals surface area (Å²) in [4.78, 5) is 33.9. The van der Waals surface area contributed by atoms with Gasteiger partial charge in [0.25, 0.3) is 0 Å². The molecule has 1 amide bonds. The molecule has 0 atom stereocenters. The van der Waals surface area contributed by atoms with Crippen molar-refractivity contribution >= 4 is 18.5 Å². The molecule has 0 saturated carbocycles. The second-order valence-electron chi connectivity index (χ2n) is 5.45. The molecule has 116 valence electrons. The molecule has 0 aliphatic carbocycles. The summed E-state index contributed by atoms with van der Waals surface area (Å²) in [6.07, 6.45) is -0.226. The first-order valence-corrected chi connectivity index (χ1v) is 6.24. The summed E-state index contributed by atoms with van der Waals surface area (Å²) in [6, 6.07) is 0. The average molecular weight is 289 g/mol. The third-order valence-corrected chi connectivity index (χ3v) is 2.24. The van der Waals surface area contributed by atoms with E-state index < -0.39 is 11.6 Å². The molecule has 0 N–H and O–H groups in total. The molecule has 1 heterocycles. The Kier molecular flexibility index (Phi) is 7.83. The summed E-state index contributed by atoms with van der Waals surface area (Å²) in [5.74, 6) is -0.510. The lowest BCUT2D eigenvalue weighted by atomic mass is 9.97. The number of rotatable bonds is 3. The third kappa shape index (κ3) is 7.73. The quantitative estimate of drug-likeness (QED) is 0.441. The Bertz CT molecular complexity index is 330. The van der Waals surface area contributed by atoms with Crippen LogP contribution in [-0.2, 0) is 23.8 Å². The number of carbonyl (C=O) groups excluding carboxylic acids is 3. The van der Waals surface area contributed by atoms with Gasteiger partial charge in [0.05, 0.1) is 6.42 Å². The van der Waals surface area contributed by atoms with E-state index in [1.54, 1.807) is 35.0 Å². The van der Waals surface area contributed by atoms with Gasteiger partial charge in [-0.05, 0) is 20.8 Å². The van der Waals surface area contributed by atoms with Crippen molar-refractivity contribution in [2.75, 3.05) is 27.3 Å². The van der Waals surface area contributed by atoms with Crippen molar-refractivity contribution in [2.45, 2.75) is 32.8 Å². The minimum absolute atomic E-state index is 0.0509. The molecule has 1 saturated heterocycles. The standard InChI is InChI=1S/C11H17NO5.C2H6O/c1-11(2,3)17-10(15)12-5-8(6-12)4-9(14)16-7-13;1-3-2/h7-8H,4-6H2,1-3H3;1-2H3. The third-order valence-electron chi connectivity index (χ3n) is 2.24. The van der Waals surface area contributed by atoms with Crippen molar-refractivity contribution in [1.82, 2.24) is 4.90 Å². The van der Waals surface area contributed by atoms with E-state index in [2.05, 4.69) is 9.47 Å². The molecule has 1 fully saturated rings. The number of esters is 1. The van der Waals surface area contributed by atoms with Crippen LogP contribution < -0.4 is 0 Å². The Hall–Kier alpha value is -1.63. The Morgan fingerprint density at radius 3 is 2.15 bits per heavy atom. The summed E-state index contributed by atoms with van der Waals surface area (Å²) < 4.78 is 13.6. The topological polar surface area (TPSA) is 82.1 Å². The van der Waals surface area contributed by atoms with Crippen LogP contribution in [0.15, 0.2) is 0 Å². The Labute approximate surface area is 119 Å². The van der Waals surface area contributed by atoms with Gasteiger partial charge in [-0.1, -0.05) is 0 Å². The maximum Gasteiger partial charge on any atom is 0.410 e. The maximum atomic E-state index is 11.5. The number of nitrogens with zero attached hydrogens (tertiary/aromatic N) is 1. The smallest absolute Gasteiger partial charge is 0.410 e. The predicted molar refractivity (Wildman–Crippen MR) is 71.0 cm³/mol. The van der Waals surface area contributed by atoms with E-state index in [-0.39, 0.29) is 24.9 Å². The summed E-state index contributed by atoms with van der Waals surface area (Å²) in [5, 5.41) is 0. The second kappa shape index (κ2) is 8.52. The van der Waals surface area contributed by atoms with Crippen LogP contribution in [0, 0.1) is 5.92 Å². The van der Waals surface area contributed by atoms with Crippen molar-refractivity contribution in [1.29, 1.82) is 0 Å². The van der Waals surface area contributed by atoms with Crippen LogP contribution in [0.3, 0.4) is 0 Å². The van der Waals surface area contributed by atoms with E-state index in [1.165, 1.54) is 4.90 Å². The van der Waals surface area contributed by atoms with Gasteiger partial charge in [0.2, 0.25) is 0 Å². The van der Waals surface area contributed by atoms with Gasteiger partial charge >= 0.3 is 18.5 Å². The van der Waals surface area contributed by atoms with Crippen LogP contribution in [0.1, 0.15) is 27.2 Å². The second-order valence-corrected chi connectivity index (χ2v) is 5.45.